The van der Waals surface area contributed by atoms with E-state index in [4.69, 9.17) is 0 Å². The fraction of sp³-hybridized carbons (Fsp3) is 1.00. The van der Waals surface area contributed by atoms with Gasteiger partial charge in [0.2, 0.25) is 25.2 Å². The van der Waals surface area contributed by atoms with Crippen molar-refractivity contribution in [1.82, 2.24) is 0 Å². The van der Waals surface area contributed by atoms with Crippen LogP contribution in [-0.4, -0.2) is 154 Å². The van der Waals surface area contributed by atoms with Crippen LogP contribution in [-0.2, 0) is 50.9 Å². The summed E-state index contributed by atoms with van der Waals surface area (Å²) in [7, 11) is -11.2. The van der Waals surface area contributed by atoms with Gasteiger partial charge >= 0.3 is 62.1 Å². The molecule has 6 aliphatic rings. The van der Waals surface area contributed by atoms with Crippen molar-refractivity contribution in [2.45, 2.75) is 72.1 Å². The average Bonchev–Trinajstić information content (AvgIpc) is 2.76. The zero-order valence-corrected chi connectivity index (χ0v) is 20.6. The van der Waals surface area contributed by atoms with Crippen molar-refractivity contribution in [3.63, 3.8) is 0 Å². The lowest BCUT2D eigenvalue weighted by Gasteiger charge is -2.61. The summed E-state index contributed by atoms with van der Waals surface area (Å²) in [6.45, 7) is 0. The summed E-state index contributed by atoms with van der Waals surface area (Å²) in [5.74, 6) is -26.0. The quantitative estimate of drug-likeness (QED) is 0.0765. The molecular formula is C12H20O27P2. The number of aliphatic hydroxyl groups is 16. The predicted octanol–water partition coefficient (Wildman–Crippen LogP) is -10.0. The van der Waals surface area contributed by atoms with E-state index in [0.717, 1.165) is 0 Å². The summed E-state index contributed by atoms with van der Waals surface area (Å²) in [5.41, 5.74) is -8.54. The first-order chi connectivity index (χ1) is 18.1. The molecule has 6 aliphatic heterocycles. The lowest BCUT2D eigenvalue weighted by molar-refractivity contribution is -0.672. The van der Waals surface area contributed by atoms with E-state index in [0.29, 0.717) is 0 Å². The maximum absolute atomic E-state index is 12.4. The molecule has 29 heteroatoms. The Bertz CT molecular complexity index is 1080. The van der Waals surface area contributed by atoms with E-state index in [-0.39, 0.29) is 0 Å². The van der Waals surface area contributed by atoms with Crippen LogP contribution < -0.4 is 0 Å². The summed E-state index contributed by atoms with van der Waals surface area (Å²) < 4.78 is 62.2. The van der Waals surface area contributed by atoms with Crippen molar-refractivity contribution in [2.24, 2.45) is 0 Å². The Morgan fingerprint density at radius 2 is 0.854 bits per heavy atom. The number of ether oxygens (including phenoxy) is 5. The third-order valence-corrected chi connectivity index (χ3v) is 9.33. The van der Waals surface area contributed by atoms with E-state index in [1.54, 1.807) is 0 Å². The zero-order chi connectivity index (χ0) is 31.7. The van der Waals surface area contributed by atoms with Crippen molar-refractivity contribution in [3.05, 3.63) is 0 Å². The Hall–Kier alpha value is -0.540. The zero-order valence-electron chi connectivity index (χ0n) is 18.8. The highest BCUT2D eigenvalue weighted by molar-refractivity contribution is 7.57. The second-order valence-corrected chi connectivity index (χ2v) is 12.2. The highest BCUT2D eigenvalue weighted by atomic mass is 31.2. The lowest BCUT2D eigenvalue weighted by atomic mass is 10.4. The van der Waals surface area contributed by atoms with Gasteiger partial charge in [-0.05, 0) is 0 Å². The molecule has 240 valence electrons. The van der Waals surface area contributed by atoms with Crippen LogP contribution in [0.2, 0.25) is 0 Å². The second kappa shape index (κ2) is 9.02. The van der Waals surface area contributed by atoms with Crippen LogP contribution in [0.1, 0.15) is 0 Å². The molecule has 8 atom stereocenters. The van der Waals surface area contributed by atoms with Crippen LogP contribution in [0.4, 0.5) is 0 Å². The molecule has 0 aromatic rings. The third kappa shape index (κ3) is 4.30. The van der Waals surface area contributed by atoms with Gasteiger partial charge in [-0.15, -0.1) is 0 Å². The number of fused-ring (bicyclic) bond motifs is 4. The molecule has 6 rings (SSSR count). The van der Waals surface area contributed by atoms with Crippen molar-refractivity contribution in [1.29, 1.82) is 0 Å². The first-order valence-electron chi connectivity index (χ1n) is 9.91. The summed E-state index contributed by atoms with van der Waals surface area (Å²) in [6.07, 6.45) is -14.1. The van der Waals surface area contributed by atoms with Crippen LogP contribution >= 0.6 is 15.2 Å². The van der Waals surface area contributed by atoms with Gasteiger partial charge in [0, 0.05) is 0 Å². The van der Waals surface area contributed by atoms with Crippen LogP contribution in [0.15, 0.2) is 0 Å². The average molecular weight is 658 g/mol. The number of hydrogen-bond acceptors (Lipinski definition) is 27. The van der Waals surface area contributed by atoms with Crippen molar-refractivity contribution >= 4 is 15.2 Å². The Morgan fingerprint density at radius 3 is 1.07 bits per heavy atom. The van der Waals surface area contributed by atoms with Gasteiger partial charge in [0.25, 0.3) is 0 Å². The second-order valence-electron chi connectivity index (χ2n) is 8.27. The van der Waals surface area contributed by atoms with Crippen LogP contribution in [0, 0.1) is 0 Å². The van der Waals surface area contributed by atoms with Gasteiger partial charge in [0.1, 0.15) is 0 Å². The topological polar surface area (TPSA) is 441 Å². The van der Waals surface area contributed by atoms with E-state index in [1.807, 2.05) is 0 Å². The molecule has 0 spiro atoms. The third-order valence-electron chi connectivity index (χ3n) is 5.29. The highest BCUT2D eigenvalue weighted by Gasteiger charge is 2.91. The molecule has 0 saturated carbocycles. The molecule has 16 N–H and O–H groups in total. The van der Waals surface area contributed by atoms with Crippen molar-refractivity contribution < 1.29 is 133 Å². The molecule has 0 aliphatic carbocycles. The highest BCUT2D eigenvalue weighted by Crippen LogP contribution is 2.81. The predicted molar refractivity (Wildman–Crippen MR) is 97.5 cm³/mol. The van der Waals surface area contributed by atoms with E-state index < -0.39 is 87.2 Å². The largest absolute Gasteiger partial charge is 0.407 e. The molecule has 0 radical (unpaired) electrons. The first-order valence-corrected chi connectivity index (χ1v) is 13.0. The van der Waals surface area contributed by atoms with Gasteiger partial charge in [-0.2, -0.15) is 0 Å². The molecule has 8 unspecified atom stereocenters. The summed E-state index contributed by atoms with van der Waals surface area (Å²) in [5, 5.41) is 156. The molecule has 6 fully saturated rings. The van der Waals surface area contributed by atoms with Gasteiger partial charge < -0.3 is 81.7 Å². The normalized spacial score (nSPS) is 45.8. The molecule has 6 saturated heterocycles. The van der Waals surface area contributed by atoms with E-state index in [9.17, 15) is 90.8 Å². The number of hydrogen-bond donors (Lipinski definition) is 16. The smallest absolute Gasteiger partial charge is 0.362 e. The maximum atomic E-state index is 12.4. The summed E-state index contributed by atoms with van der Waals surface area (Å²) in [4.78, 5) is 0. The summed E-state index contributed by atoms with van der Waals surface area (Å²) in [6, 6.07) is 0. The minimum absolute atomic E-state index is 3.27. The fourth-order valence-corrected chi connectivity index (χ4v) is 6.45. The Kier molecular flexibility index (Phi) is 7.33. The van der Waals surface area contributed by atoms with E-state index >= 15 is 0 Å². The molecule has 27 nitrogen and oxygen atoms in total. The number of rotatable bonds is 10. The van der Waals surface area contributed by atoms with E-state index in [2.05, 4.69) is 41.8 Å². The lowest BCUT2D eigenvalue weighted by Crippen LogP contribution is -2.80. The molecule has 6 heterocycles. The van der Waals surface area contributed by atoms with Crippen molar-refractivity contribution in [2.75, 3.05) is 0 Å². The minimum Gasteiger partial charge on any atom is -0.362 e. The molecule has 4 bridgehead atoms. The van der Waals surface area contributed by atoms with Gasteiger partial charge in [-0.3, -0.25) is 32.8 Å². The van der Waals surface area contributed by atoms with Gasteiger partial charge in [0.05, 0.1) is 0 Å². The molecule has 0 aromatic carbocycles. The molecular weight excluding hydrogens is 638 g/mol. The fourth-order valence-electron chi connectivity index (χ4n) is 3.19. The molecule has 0 aromatic heterocycles. The minimum atomic E-state index is -5.61. The van der Waals surface area contributed by atoms with Crippen LogP contribution in [0.5, 0.6) is 0 Å². The molecule has 41 heavy (non-hydrogen) atoms. The monoisotopic (exact) mass is 658 g/mol. The van der Waals surface area contributed by atoms with Crippen LogP contribution in [0.25, 0.3) is 0 Å². The van der Waals surface area contributed by atoms with Gasteiger partial charge in [-0.1, -0.05) is 0 Å². The molecule has 0 amide bonds. The van der Waals surface area contributed by atoms with Gasteiger partial charge in [0.15, 0.2) is 0 Å². The number of aliphatic hydroxyl groups excluding tert-OH is 4. The summed E-state index contributed by atoms with van der Waals surface area (Å²) >= 11 is 0. The standard InChI is InChI=1S/C12H20O27P2/c13-1(14)5(21,32-11-9(25,26)40(29,38-11)36-7(23,34-11)3(17)18)31-6(22,2(15)16)33-12-10(27,28)41(30,39-12)37-8(24,35-12)4(19)20/h1-4,13-28H. The Balaban J connectivity index is 1.71. The Labute approximate surface area is 220 Å². The first kappa shape index (κ1) is 33.4. The van der Waals surface area contributed by atoms with Crippen molar-refractivity contribution in [3.8, 4) is 0 Å². The SMILES string of the molecule is O=P12OC(O)(C(O)O)OC(OC(O)(OC(O)(OC34OC(O)(C(O)O)OP(=O)(O3)C4(O)O)C(O)O)C(O)O)(O1)C2(O)O. The van der Waals surface area contributed by atoms with Gasteiger partial charge in [-0.25, -0.2) is 18.1 Å². The Morgan fingerprint density at radius 1 is 0.561 bits per heavy atom. The van der Waals surface area contributed by atoms with Crippen LogP contribution in [0.3, 0.4) is 0 Å². The van der Waals surface area contributed by atoms with E-state index in [1.165, 1.54) is 0 Å². The maximum Gasteiger partial charge on any atom is 0.407 e.